The lowest BCUT2D eigenvalue weighted by atomic mass is 9.84. The van der Waals surface area contributed by atoms with Gasteiger partial charge in [-0.05, 0) is 44.6 Å². The highest BCUT2D eigenvalue weighted by Crippen LogP contribution is 2.42. The lowest BCUT2D eigenvalue weighted by molar-refractivity contribution is 0.456. The van der Waals surface area contributed by atoms with Gasteiger partial charge in [-0.15, -0.1) is 5.10 Å². The third-order valence-corrected chi connectivity index (χ3v) is 4.97. The number of aromatic amines is 1. The number of hydrogen-bond donors (Lipinski definition) is 2. The molecule has 1 atom stereocenters. The first kappa shape index (κ1) is 17.5. The summed E-state index contributed by atoms with van der Waals surface area (Å²) in [6.45, 7) is 4.29. The van der Waals surface area contributed by atoms with Gasteiger partial charge in [-0.2, -0.15) is 0 Å². The Balaban J connectivity index is 2.05. The van der Waals surface area contributed by atoms with Crippen LogP contribution in [0, 0.1) is 0 Å². The molecule has 0 bridgehead atoms. The van der Waals surface area contributed by atoms with Crippen LogP contribution in [0.2, 0.25) is 0 Å². The lowest BCUT2D eigenvalue weighted by Gasteiger charge is -2.22. The predicted molar refractivity (Wildman–Crippen MR) is 97.8 cm³/mol. The van der Waals surface area contributed by atoms with Crippen molar-refractivity contribution >= 4 is 0 Å². The van der Waals surface area contributed by atoms with Crippen molar-refractivity contribution in [3.63, 3.8) is 0 Å². The first-order valence-corrected chi connectivity index (χ1v) is 9.18. The number of benzene rings is 1. The molecule has 1 aliphatic carbocycles. The van der Waals surface area contributed by atoms with Crippen molar-refractivity contribution < 1.29 is 9.52 Å². The Morgan fingerprint density at radius 2 is 2.20 bits per heavy atom. The van der Waals surface area contributed by atoms with Crippen molar-refractivity contribution in [2.45, 2.75) is 64.7 Å². The zero-order chi connectivity index (χ0) is 17.8. The summed E-state index contributed by atoms with van der Waals surface area (Å²) in [5.74, 6) is -0.0388. The Morgan fingerprint density at radius 3 is 2.88 bits per heavy atom. The summed E-state index contributed by atoms with van der Waals surface area (Å²) >= 11 is 0. The molecule has 0 saturated heterocycles. The summed E-state index contributed by atoms with van der Waals surface area (Å²) < 4.78 is 5.16. The maximum atomic E-state index is 11.4. The number of hydrogen-bond acceptors (Lipinski definition) is 4. The van der Waals surface area contributed by atoms with Crippen LogP contribution in [0.4, 0.5) is 0 Å². The molecule has 3 rings (SSSR count). The minimum absolute atomic E-state index is 0.173. The molecule has 134 valence electrons. The van der Waals surface area contributed by atoms with E-state index < -0.39 is 5.76 Å². The van der Waals surface area contributed by atoms with Gasteiger partial charge in [0, 0.05) is 11.5 Å². The van der Waals surface area contributed by atoms with E-state index in [1.807, 2.05) is 12.1 Å². The van der Waals surface area contributed by atoms with Crippen molar-refractivity contribution in [1.29, 1.82) is 0 Å². The normalized spacial score (nSPS) is 17.5. The molecule has 1 aromatic carbocycles. The highest BCUT2D eigenvalue weighted by atomic mass is 16.4. The fourth-order valence-corrected chi connectivity index (χ4v) is 3.65. The summed E-state index contributed by atoms with van der Waals surface area (Å²) in [5, 5.41) is 17.2. The molecule has 0 fully saturated rings. The summed E-state index contributed by atoms with van der Waals surface area (Å²) in [7, 11) is 0. The second-order valence-corrected chi connectivity index (χ2v) is 6.92. The zero-order valence-corrected chi connectivity index (χ0v) is 15.0. The third kappa shape index (κ3) is 3.86. The van der Waals surface area contributed by atoms with Gasteiger partial charge in [0.05, 0.1) is 5.56 Å². The molecule has 0 aliphatic heterocycles. The number of nitrogens with one attached hydrogen (secondary N) is 1. The molecule has 1 heterocycles. The van der Waals surface area contributed by atoms with Crippen LogP contribution >= 0.6 is 0 Å². The molecule has 0 spiro atoms. The number of aromatic hydroxyl groups is 1. The quantitative estimate of drug-likeness (QED) is 0.590. The average molecular weight is 342 g/mol. The van der Waals surface area contributed by atoms with E-state index in [4.69, 9.17) is 4.42 Å². The van der Waals surface area contributed by atoms with Gasteiger partial charge in [0.2, 0.25) is 0 Å². The highest BCUT2D eigenvalue weighted by Gasteiger charge is 2.23. The number of nitrogens with zero attached hydrogens (tertiary/aromatic N) is 1. The molecule has 5 nitrogen and oxygen atoms in total. The summed E-state index contributed by atoms with van der Waals surface area (Å²) in [6.07, 6.45) is 9.60. The van der Waals surface area contributed by atoms with Crippen molar-refractivity contribution in [1.82, 2.24) is 10.2 Å². The van der Waals surface area contributed by atoms with Gasteiger partial charge in [-0.3, -0.25) is 0 Å². The fourth-order valence-electron chi connectivity index (χ4n) is 3.65. The van der Waals surface area contributed by atoms with Gasteiger partial charge in [0.25, 0.3) is 5.89 Å². The number of H-pyrrole nitrogens is 1. The van der Waals surface area contributed by atoms with Crippen molar-refractivity contribution in [3.05, 3.63) is 45.5 Å². The minimum Gasteiger partial charge on any atom is -0.507 e. The Labute approximate surface area is 147 Å². The standard InChI is InChI=1S/C20H26N2O3/c1-3-4-5-8-14-10-11-16(15-9-6-7-13(2)12-15)18(23)17(14)19-21-22-20(24)25-19/h10-12,15,23H,3-9H2,1-2H3,(H,22,24). The molecular weight excluding hydrogens is 316 g/mol. The van der Waals surface area contributed by atoms with Crippen molar-refractivity contribution in [2.75, 3.05) is 0 Å². The van der Waals surface area contributed by atoms with E-state index in [0.717, 1.165) is 56.1 Å². The van der Waals surface area contributed by atoms with Crippen LogP contribution in [-0.2, 0) is 6.42 Å². The Bertz CT molecular complexity index is 817. The van der Waals surface area contributed by atoms with E-state index in [1.165, 1.54) is 5.57 Å². The van der Waals surface area contributed by atoms with E-state index in [-0.39, 0.29) is 17.6 Å². The third-order valence-electron chi connectivity index (χ3n) is 4.97. The van der Waals surface area contributed by atoms with Gasteiger partial charge >= 0.3 is 5.76 Å². The fraction of sp³-hybridized carbons (Fsp3) is 0.500. The molecule has 0 amide bonds. The van der Waals surface area contributed by atoms with Gasteiger partial charge in [-0.25, -0.2) is 9.89 Å². The summed E-state index contributed by atoms with van der Waals surface area (Å²) in [6, 6.07) is 4.07. The zero-order valence-electron chi connectivity index (χ0n) is 15.0. The van der Waals surface area contributed by atoms with Gasteiger partial charge in [0.15, 0.2) is 0 Å². The highest BCUT2D eigenvalue weighted by molar-refractivity contribution is 5.70. The molecule has 1 aromatic heterocycles. The average Bonchev–Trinajstić information content (AvgIpc) is 3.01. The van der Waals surface area contributed by atoms with Gasteiger partial charge < -0.3 is 9.52 Å². The number of allylic oxidation sites excluding steroid dienone is 2. The molecule has 2 aromatic rings. The van der Waals surface area contributed by atoms with Crippen LogP contribution in [0.3, 0.4) is 0 Å². The monoisotopic (exact) mass is 342 g/mol. The second kappa shape index (κ2) is 7.72. The smallest absolute Gasteiger partial charge is 0.434 e. The number of rotatable bonds is 6. The van der Waals surface area contributed by atoms with E-state index in [0.29, 0.717) is 5.56 Å². The second-order valence-electron chi connectivity index (χ2n) is 6.92. The van der Waals surface area contributed by atoms with Crippen LogP contribution in [0.15, 0.2) is 33.0 Å². The van der Waals surface area contributed by atoms with E-state index >= 15 is 0 Å². The Kier molecular flexibility index (Phi) is 5.41. The maximum Gasteiger partial charge on any atom is 0.434 e. The lowest BCUT2D eigenvalue weighted by Crippen LogP contribution is -2.04. The Hall–Kier alpha value is -2.30. The summed E-state index contributed by atoms with van der Waals surface area (Å²) in [4.78, 5) is 11.4. The number of phenolic OH excluding ortho intramolecular Hbond substituents is 1. The number of aromatic nitrogens is 2. The first-order valence-electron chi connectivity index (χ1n) is 9.18. The van der Waals surface area contributed by atoms with E-state index in [9.17, 15) is 9.90 Å². The minimum atomic E-state index is -0.604. The maximum absolute atomic E-state index is 11.4. The Morgan fingerprint density at radius 1 is 1.36 bits per heavy atom. The predicted octanol–water partition coefficient (Wildman–Crippen LogP) is 4.68. The number of aryl methyl sites for hydroxylation is 1. The molecule has 0 saturated carbocycles. The molecule has 5 heteroatoms. The van der Waals surface area contributed by atoms with Crippen LogP contribution in [-0.4, -0.2) is 15.3 Å². The SMILES string of the molecule is CCCCCc1ccc(C2C=C(C)CCC2)c(O)c1-c1n[nH]c(=O)o1. The molecule has 0 radical (unpaired) electrons. The van der Waals surface area contributed by atoms with E-state index in [1.54, 1.807) is 0 Å². The van der Waals surface area contributed by atoms with E-state index in [2.05, 4.69) is 30.1 Å². The molecule has 2 N–H and O–H groups in total. The molecule has 1 unspecified atom stereocenters. The number of phenols is 1. The van der Waals surface area contributed by atoms with Gasteiger partial charge in [-0.1, -0.05) is 43.5 Å². The molecular formula is C20H26N2O3. The first-order chi connectivity index (χ1) is 12.1. The largest absolute Gasteiger partial charge is 0.507 e. The van der Waals surface area contributed by atoms with Crippen LogP contribution in [0.5, 0.6) is 5.75 Å². The van der Waals surface area contributed by atoms with Crippen molar-refractivity contribution in [2.24, 2.45) is 0 Å². The number of unbranched alkanes of at least 4 members (excludes halogenated alkanes) is 2. The van der Waals surface area contributed by atoms with Crippen LogP contribution in [0.25, 0.3) is 11.5 Å². The van der Waals surface area contributed by atoms with Crippen LogP contribution < -0.4 is 5.76 Å². The molecule has 1 aliphatic rings. The van der Waals surface area contributed by atoms with Crippen molar-refractivity contribution in [3.8, 4) is 17.2 Å². The summed E-state index contributed by atoms with van der Waals surface area (Å²) in [5.41, 5.74) is 3.78. The topological polar surface area (TPSA) is 79.1 Å². The van der Waals surface area contributed by atoms with Gasteiger partial charge in [0.1, 0.15) is 5.75 Å². The molecule has 25 heavy (non-hydrogen) atoms. The van der Waals surface area contributed by atoms with Crippen LogP contribution in [0.1, 0.15) is 69.4 Å².